The van der Waals surface area contributed by atoms with Gasteiger partial charge in [0.05, 0.1) is 0 Å². The second-order valence-corrected chi connectivity index (χ2v) is 8.09. The van der Waals surface area contributed by atoms with Gasteiger partial charge in [0.15, 0.2) is 5.96 Å². The molecule has 1 fully saturated rings. The van der Waals surface area contributed by atoms with Gasteiger partial charge in [0.2, 0.25) is 0 Å². The van der Waals surface area contributed by atoms with E-state index in [0.717, 1.165) is 24.6 Å². The number of ether oxygens (including phenoxy) is 1. The smallest absolute Gasteiger partial charge is 0.328 e. The van der Waals surface area contributed by atoms with Gasteiger partial charge in [0.1, 0.15) is 12.1 Å². The van der Waals surface area contributed by atoms with Crippen molar-refractivity contribution in [2.24, 2.45) is 4.99 Å². The number of esters is 1. The van der Waals surface area contributed by atoms with Crippen molar-refractivity contribution in [1.29, 1.82) is 0 Å². The summed E-state index contributed by atoms with van der Waals surface area (Å²) >= 11 is 2.03. The van der Waals surface area contributed by atoms with Crippen LogP contribution in [0.3, 0.4) is 0 Å². The number of thioether (sulfide) groups is 1. The Morgan fingerprint density at radius 2 is 2.00 bits per heavy atom. The number of rotatable bonds is 6. The first-order chi connectivity index (χ1) is 10.3. The van der Waals surface area contributed by atoms with E-state index in [4.69, 9.17) is 4.74 Å². The molecule has 2 unspecified atom stereocenters. The fraction of sp³-hybridized carbons (Fsp3) is 0.875. The number of carbonyl (C=O) groups is 1. The second-order valence-electron chi connectivity index (χ2n) is 6.51. The van der Waals surface area contributed by atoms with Crippen LogP contribution in [0.5, 0.6) is 0 Å². The summed E-state index contributed by atoms with van der Waals surface area (Å²) in [6, 6.07) is 0.445. The zero-order valence-electron chi connectivity index (χ0n) is 15.0. The third-order valence-electron chi connectivity index (χ3n) is 3.26. The monoisotopic (exact) mass is 457 g/mol. The molecule has 0 aliphatic heterocycles. The van der Waals surface area contributed by atoms with Gasteiger partial charge in [0.25, 0.3) is 0 Å². The van der Waals surface area contributed by atoms with E-state index in [1.165, 1.54) is 12.2 Å². The predicted octanol–water partition coefficient (Wildman–Crippen LogP) is 3.18. The van der Waals surface area contributed by atoms with E-state index >= 15 is 0 Å². The van der Waals surface area contributed by atoms with Gasteiger partial charge < -0.3 is 15.4 Å². The molecule has 0 amide bonds. The topological polar surface area (TPSA) is 62.7 Å². The lowest BCUT2D eigenvalue weighted by molar-refractivity contribution is -0.152. The van der Waals surface area contributed by atoms with Crippen molar-refractivity contribution in [3.8, 4) is 0 Å². The molecule has 1 aliphatic rings. The Labute approximate surface area is 162 Å². The zero-order chi connectivity index (χ0) is 16.6. The molecule has 0 bridgehead atoms. The summed E-state index contributed by atoms with van der Waals surface area (Å²) in [7, 11) is 0. The number of nitrogens with one attached hydrogen (secondary N) is 2. The van der Waals surface area contributed by atoms with Crippen molar-refractivity contribution in [2.75, 3.05) is 18.8 Å². The third kappa shape index (κ3) is 10.3. The highest BCUT2D eigenvalue weighted by Gasteiger charge is 2.25. The van der Waals surface area contributed by atoms with Gasteiger partial charge in [0, 0.05) is 17.8 Å². The Bertz CT molecular complexity index is 386. The minimum absolute atomic E-state index is 0. The first kappa shape index (κ1) is 22.8. The van der Waals surface area contributed by atoms with Crippen molar-refractivity contribution in [3.63, 3.8) is 0 Å². The largest absolute Gasteiger partial charge is 0.459 e. The molecule has 0 spiro atoms. The molecule has 136 valence electrons. The summed E-state index contributed by atoms with van der Waals surface area (Å²) in [6.07, 6.45) is 3.57. The van der Waals surface area contributed by atoms with E-state index in [9.17, 15) is 4.79 Å². The zero-order valence-corrected chi connectivity index (χ0v) is 18.1. The molecule has 2 atom stereocenters. The summed E-state index contributed by atoms with van der Waals surface area (Å²) in [4.78, 5) is 16.1. The molecule has 1 saturated carbocycles. The first-order valence-electron chi connectivity index (χ1n) is 8.22. The van der Waals surface area contributed by atoms with E-state index in [-0.39, 0.29) is 36.5 Å². The van der Waals surface area contributed by atoms with Crippen LogP contribution in [0.1, 0.15) is 53.9 Å². The van der Waals surface area contributed by atoms with Gasteiger partial charge in [-0.2, -0.15) is 11.8 Å². The molecule has 23 heavy (non-hydrogen) atoms. The SMILES string of the molecule is CCNC(=NCC(=O)OC(C)(C)C)NC1CCC(SCC)C1.I. The van der Waals surface area contributed by atoms with Crippen molar-refractivity contribution in [3.05, 3.63) is 0 Å². The minimum Gasteiger partial charge on any atom is -0.459 e. The standard InChI is InChI=1S/C16H31N3O2S.HI/c1-6-17-15(18-11-14(20)21-16(3,4)5)19-12-8-9-13(10-12)22-7-2;/h12-13H,6-11H2,1-5H3,(H2,17,18,19);1H. The molecule has 0 saturated heterocycles. The van der Waals surface area contributed by atoms with E-state index in [2.05, 4.69) is 22.5 Å². The van der Waals surface area contributed by atoms with Gasteiger partial charge in [-0.05, 0) is 52.7 Å². The molecule has 1 rings (SSSR count). The summed E-state index contributed by atoms with van der Waals surface area (Å²) in [5, 5.41) is 7.39. The number of aliphatic imine (C=N–C) groups is 1. The van der Waals surface area contributed by atoms with Gasteiger partial charge in [-0.15, -0.1) is 24.0 Å². The number of halogens is 1. The molecule has 2 N–H and O–H groups in total. The molecule has 7 heteroatoms. The van der Waals surface area contributed by atoms with E-state index in [1.807, 2.05) is 39.5 Å². The van der Waals surface area contributed by atoms with Crippen LogP contribution in [0.4, 0.5) is 0 Å². The Morgan fingerprint density at radius 3 is 2.57 bits per heavy atom. The maximum absolute atomic E-state index is 11.8. The van der Waals surface area contributed by atoms with Crippen LogP contribution < -0.4 is 10.6 Å². The van der Waals surface area contributed by atoms with Crippen molar-refractivity contribution in [1.82, 2.24) is 10.6 Å². The van der Waals surface area contributed by atoms with E-state index < -0.39 is 5.60 Å². The highest BCUT2D eigenvalue weighted by Crippen LogP contribution is 2.29. The van der Waals surface area contributed by atoms with Crippen LogP contribution >= 0.6 is 35.7 Å². The van der Waals surface area contributed by atoms with Gasteiger partial charge >= 0.3 is 5.97 Å². The number of guanidine groups is 1. The Balaban J connectivity index is 0.00000484. The molecule has 0 aromatic rings. The molecule has 5 nitrogen and oxygen atoms in total. The number of hydrogen-bond donors (Lipinski definition) is 2. The average molecular weight is 457 g/mol. The second kappa shape index (κ2) is 11.4. The number of nitrogens with zero attached hydrogens (tertiary/aromatic N) is 1. The summed E-state index contributed by atoms with van der Waals surface area (Å²) < 4.78 is 5.28. The van der Waals surface area contributed by atoms with Crippen LogP contribution in [0.2, 0.25) is 0 Å². The Hall–Kier alpha value is -0.180. The van der Waals surface area contributed by atoms with E-state index in [1.54, 1.807) is 0 Å². The van der Waals surface area contributed by atoms with Crippen molar-refractivity contribution < 1.29 is 9.53 Å². The fourth-order valence-electron chi connectivity index (χ4n) is 2.49. The Kier molecular flexibility index (Phi) is 11.3. The van der Waals surface area contributed by atoms with Crippen LogP contribution in [0.15, 0.2) is 4.99 Å². The highest BCUT2D eigenvalue weighted by atomic mass is 127. The fourth-order valence-corrected chi connectivity index (χ4v) is 3.63. The lowest BCUT2D eigenvalue weighted by Crippen LogP contribution is -2.43. The summed E-state index contributed by atoms with van der Waals surface area (Å²) in [5.74, 6) is 1.58. The normalized spacial score (nSPS) is 21.5. The van der Waals surface area contributed by atoms with Crippen LogP contribution in [0, 0.1) is 0 Å². The highest BCUT2D eigenvalue weighted by molar-refractivity contribution is 14.0. The maximum Gasteiger partial charge on any atom is 0.328 e. The summed E-state index contributed by atoms with van der Waals surface area (Å²) in [5.41, 5.74) is -0.464. The van der Waals surface area contributed by atoms with Crippen LogP contribution in [-0.4, -0.2) is 47.7 Å². The summed E-state index contributed by atoms with van der Waals surface area (Å²) in [6.45, 7) is 10.6. The molecular formula is C16H32IN3O2S. The first-order valence-corrected chi connectivity index (χ1v) is 9.27. The van der Waals surface area contributed by atoms with Gasteiger partial charge in [-0.1, -0.05) is 6.92 Å². The molecule has 0 heterocycles. The van der Waals surface area contributed by atoms with E-state index in [0.29, 0.717) is 12.0 Å². The Morgan fingerprint density at radius 1 is 1.30 bits per heavy atom. The third-order valence-corrected chi connectivity index (χ3v) is 4.49. The van der Waals surface area contributed by atoms with Crippen molar-refractivity contribution in [2.45, 2.75) is 70.8 Å². The van der Waals surface area contributed by atoms with Crippen LogP contribution in [-0.2, 0) is 9.53 Å². The molecule has 1 aliphatic carbocycles. The van der Waals surface area contributed by atoms with Crippen LogP contribution in [0.25, 0.3) is 0 Å². The average Bonchev–Trinajstić information content (AvgIpc) is 2.82. The molecule has 0 radical (unpaired) electrons. The quantitative estimate of drug-likeness (QED) is 0.278. The molecular weight excluding hydrogens is 425 g/mol. The lowest BCUT2D eigenvalue weighted by Gasteiger charge is -2.20. The lowest BCUT2D eigenvalue weighted by atomic mass is 10.2. The van der Waals surface area contributed by atoms with Gasteiger partial charge in [-0.3, -0.25) is 4.79 Å². The number of hydrogen-bond acceptors (Lipinski definition) is 4. The molecule has 0 aromatic heterocycles. The maximum atomic E-state index is 11.8. The number of carbonyl (C=O) groups excluding carboxylic acids is 1. The van der Waals surface area contributed by atoms with Crippen molar-refractivity contribution >= 4 is 47.7 Å². The molecule has 0 aromatic carbocycles. The predicted molar refractivity (Wildman–Crippen MR) is 110 cm³/mol. The van der Waals surface area contributed by atoms with Gasteiger partial charge in [-0.25, -0.2) is 4.99 Å². The minimum atomic E-state index is -0.464.